The van der Waals surface area contributed by atoms with Crippen LogP contribution < -0.4 is 25.5 Å². The molecule has 5 aliphatic rings. The Morgan fingerprint density at radius 3 is 1.71 bits per heavy atom. The van der Waals surface area contributed by atoms with Crippen LogP contribution in [-0.4, -0.2) is 6.71 Å². The number of allylic oxidation sites excluding steroid dienone is 4. The normalized spacial score (nSPS) is 20.1. The van der Waals surface area contributed by atoms with Gasteiger partial charge in [0.25, 0.3) is 6.71 Å². The van der Waals surface area contributed by atoms with Gasteiger partial charge in [0, 0.05) is 49.1 Å². The summed E-state index contributed by atoms with van der Waals surface area (Å²) in [4.78, 5) is 5.54. The van der Waals surface area contributed by atoms with Crippen molar-refractivity contribution >= 4 is 72.3 Å². The quantitative estimate of drug-likeness (QED) is 0.162. The maximum absolute atomic E-state index is 2.81. The molecule has 1 aromatic heterocycles. The van der Waals surface area contributed by atoms with Crippen molar-refractivity contribution in [3.8, 4) is 11.1 Å². The molecule has 1 unspecified atom stereocenters. The molecule has 7 aromatic rings. The zero-order valence-corrected chi connectivity index (χ0v) is 47.4. The highest BCUT2D eigenvalue weighted by atomic mass is 32.1. The van der Waals surface area contributed by atoms with Gasteiger partial charge < -0.3 is 9.80 Å². The van der Waals surface area contributed by atoms with Gasteiger partial charge >= 0.3 is 0 Å². The first-order valence-electron chi connectivity index (χ1n) is 27.6. The fourth-order valence-corrected chi connectivity index (χ4v) is 15.1. The molecule has 0 bridgehead atoms. The second-order valence-corrected chi connectivity index (χ2v) is 28.7. The number of aryl methyl sites for hydroxylation is 1. The van der Waals surface area contributed by atoms with Crippen LogP contribution in [0.15, 0.2) is 139 Å². The van der Waals surface area contributed by atoms with Crippen LogP contribution in [-0.2, 0) is 27.1 Å². The second kappa shape index (κ2) is 16.2. The van der Waals surface area contributed by atoms with Crippen LogP contribution in [0.2, 0.25) is 0 Å². The van der Waals surface area contributed by atoms with Crippen molar-refractivity contribution in [2.45, 2.75) is 169 Å². The average Bonchev–Trinajstić information content (AvgIpc) is 3.71. The van der Waals surface area contributed by atoms with Crippen LogP contribution in [0.3, 0.4) is 0 Å². The summed E-state index contributed by atoms with van der Waals surface area (Å²) in [5, 5.41) is 1.39. The SMILES string of the molecule is Cc1cc2c3c(c1)N(c1cc4c(cc1-c1ccccc1)C(C)(C)CCC4(C)C)c1c(sc4cc5c(cc14)C(C)(C)CCC5(C)C)B3c1cc(C(C)(C)C)ccc1N2C1=CC=C(C(C)(C)C)CC1c1ccccc1. The van der Waals surface area contributed by atoms with Crippen LogP contribution in [0, 0.1) is 12.3 Å². The van der Waals surface area contributed by atoms with Gasteiger partial charge in [-0.2, -0.15) is 0 Å². The summed E-state index contributed by atoms with van der Waals surface area (Å²) >= 11 is 2.07. The standard InChI is InChI=1S/C69H77BN2S/c1-42-34-58-61-59(35-42)72(57-40-52-50(66(8,9)30-32-68(52,12)13)38-48(57)44-24-20-17-21-25-44)62-49-39-51-53(69(14,15)33-31-67(51,10)11)41-60(49)73-63(62)70(61)54-37-46(65(5,6)7)27-29-56(54)71(58)55-28-26-45(64(2,3)4)36-47(55)43-22-18-16-19-23-43/h16-29,34-35,37-41,47H,30-33,36H2,1-15H3. The molecule has 0 fully saturated rings. The highest BCUT2D eigenvalue weighted by Crippen LogP contribution is 2.57. The van der Waals surface area contributed by atoms with Crippen LogP contribution in [0.4, 0.5) is 28.4 Å². The largest absolute Gasteiger partial charge is 0.315 e. The Hall–Kier alpha value is -5.58. The lowest BCUT2D eigenvalue weighted by molar-refractivity contribution is 0.332. The van der Waals surface area contributed by atoms with Gasteiger partial charge in [0.2, 0.25) is 0 Å². The molecule has 6 aromatic carbocycles. The van der Waals surface area contributed by atoms with E-state index in [1.54, 1.807) is 0 Å². The van der Waals surface area contributed by atoms with Crippen molar-refractivity contribution in [1.82, 2.24) is 0 Å². The van der Waals surface area contributed by atoms with E-state index in [2.05, 4.69) is 252 Å². The fourth-order valence-electron chi connectivity index (χ4n) is 13.8. The monoisotopic (exact) mass is 977 g/mol. The van der Waals surface area contributed by atoms with Gasteiger partial charge in [-0.05, 0) is 175 Å². The molecule has 0 N–H and O–H groups in total. The molecule has 2 nitrogen and oxygen atoms in total. The number of hydrogen-bond donors (Lipinski definition) is 0. The lowest BCUT2D eigenvalue weighted by Gasteiger charge is -2.47. The maximum atomic E-state index is 2.81. The number of rotatable bonds is 4. The summed E-state index contributed by atoms with van der Waals surface area (Å²) in [6.45, 7) is 36.6. The summed E-state index contributed by atoms with van der Waals surface area (Å²) in [7, 11) is 0. The molecule has 12 rings (SSSR count). The number of thiophene rings is 1. The van der Waals surface area contributed by atoms with E-state index in [1.807, 2.05) is 0 Å². The Balaban J connectivity index is 1.24. The average molecular weight is 977 g/mol. The zero-order valence-electron chi connectivity index (χ0n) is 46.6. The lowest BCUT2D eigenvalue weighted by atomic mass is 9.36. The van der Waals surface area contributed by atoms with Gasteiger partial charge in [0.1, 0.15) is 0 Å². The van der Waals surface area contributed by atoms with Crippen molar-refractivity contribution in [2.24, 2.45) is 5.41 Å². The molecule has 0 saturated carbocycles. The van der Waals surface area contributed by atoms with Crippen LogP contribution >= 0.6 is 11.3 Å². The predicted octanol–water partition coefficient (Wildman–Crippen LogP) is 17.7. The van der Waals surface area contributed by atoms with Crippen molar-refractivity contribution in [3.05, 3.63) is 178 Å². The summed E-state index contributed by atoms with van der Waals surface area (Å²) in [5.41, 5.74) is 25.2. The first kappa shape index (κ1) is 48.4. The Labute approximate surface area is 442 Å². The third-order valence-electron chi connectivity index (χ3n) is 18.6. The van der Waals surface area contributed by atoms with Gasteiger partial charge in [-0.3, -0.25) is 0 Å². The second-order valence-electron chi connectivity index (χ2n) is 27.6. The zero-order chi connectivity index (χ0) is 51.5. The van der Waals surface area contributed by atoms with E-state index in [0.29, 0.717) is 0 Å². The highest BCUT2D eigenvalue weighted by Gasteiger charge is 2.49. The van der Waals surface area contributed by atoms with Gasteiger partial charge in [0.15, 0.2) is 0 Å². The summed E-state index contributed by atoms with van der Waals surface area (Å²) in [6, 6.07) is 46.0. The van der Waals surface area contributed by atoms with E-state index in [9.17, 15) is 0 Å². The number of fused-ring (bicyclic) bond motifs is 8. The molecule has 0 radical (unpaired) electrons. The Kier molecular flexibility index (Phi) is 10.7. The summed E-state index contributed by atoms with van der Waals surface area (Å²) < 4.78 is 2.86. The third kappa shape index (κ3) is 7.60. The highest BCUT2D eigenvalue weighted by molar-refractivity contribution is 7.33. The molecular weight excluding hydrogens is 900 g/mol. The minimum Gasteiger partial charge on any atom is -0.315 e. The molecule has 0 amide bonds. The Bertz CT molecular complexity index is 3470. The lowest BCUT2D eigenvalue weighted by Crippen LogP contribution is -2.61. The number of anilines is 5. The number of benzene rings is 6. The van der Waals surface area contributed by atoms with Crippen molar-refractivity contribution < 1.29 is 0 Å². The fraction of sp³-hybridized carbons (Fsp3) is 0.391. The minimum atomic E-state index is -0.0362. The molecule has 3 aliphatic carbocycles. The van der Waals surface area contributed by atoms with Gasteiger partial charge in [-0.15, -0.1) is 11.3 Å². The van der Waals surface area contributed by atoms with E-state index < -0.39 is 0 Å². The van der Waals surface area contributed by atoms with E-state index in [1.165, 1.54) is 135 Å². The Morgan fingerprint density at radius 1 is 0.548 bits per heavy atom. The molecule has 0 saturated heterocycles. The van der Waals surface area contributed by atoms with E-state index >= 15 is 0 Å². The minimum absolute atomic E-state index is 0.0197. The summed E-state index contributed by atoms with van der Waals surface area (Å²) in [5.74, 6) is 0.178. The molecule has 372 valence electrons. The molecular formula is C69H77BN2S. The number of hydrogen-bond acceptors (Lipinski definition) is 3. The molecule has 3 heterocycles. The third-order valence-corrected chi connectivity index (χ3v) is 19.8. The van der Waals surface area contributed by atoms with Crippen LogP contribution in [0.5, 0.6) is 0 Å². The van der Waals surface area contributed by atoms with E-state index in [-0.39, 0.29) is 45.1 Å². The smallest absolute Gasteiger partial charge is 0.264 e. The molecule has 4 heteroatoms. The van der Waals surface area contributed by atoms with E-state index in [0.717, 1.165) is 12.8 Å². The first-order valence-corrected chi connectivity index (χ1v) is 28.4. The van der Waals surface area contributed by atoms with Crippen LogP contribution in [0.1, 0.15) is 174 Å². The van der Waals surface area contributed by atoms with E-state index in [4.69, 9.17) is 0 Å². The molecule has 2 aliphatic heterocycles. The van der Waals surface area contributed by atoms with Gasteiger partial charge in [-0.1, -0.05) is 181 Å². The topological polar surface area (TPSA) is 6.48 Å². The number of nitrogens with zero attached hydrogens (tertiary/aromatic N) is 2. The van der Waals surface area contributed by atoms with Gasteiger partial charge in [0.05, 0.1) is 11.4 Å². The maximum Gasteiger partial charge on any atom is 0.264 e. The Morgan fingerprint density at radius 2 is 1.11 bits per heavy atom. The molecule has 1 atom stereocenters. The molecule has 73 heavy (non-hydrogen) atoms. The predicted molar refractivity (Wildman–Crippen MR) is 319 cm³/mol. The van der Waals surface area contributed by atoms with Gasteiger partial charge in [-0.25, -0.2) is 0 Å². The van der Waals surface area contributed by atoms with Crippen molar-refractivity contribution in [2.75, 3.05) is 9.80 Å². The summed E-state index contributed by atoms with van der Waals surface area (Å²) in [6.07, 6.45) is 10.7. The van der Waals surface area contributed by atoms with Crippen molar-refractivity contribution in [1.29, 1.82) is 0 Å². The van der Waals surface area contributed by atoms with Crippen LogP contribution in [0.25, 0.3) is 21.2 Å². The van der Waals surface area contributed by atoms with Crippen molar-refractivity contribution in [3.63, 3.8) is 0 Å². The molecule has 0 spiro atoms. The first-order chi connectivity index (χ1) is 34.3.